The average molecular weight is 320 g/mol. The summed E-state index contributed by atoms with van der Waals surface area (Å²) >= 11 is 0. The Morgan fingerprint density at radius 2 is 1.35 bits per heavy atom. The SMILES string of the molecule is C1N2CN3CN1CN(C2)C3.CC(=O)Oc1ccccc1C(=O)O. The van der Waals surface area contributed by atoms with Crippen molar-refractivity contribution >= 4 is 11.9 Å². The molecule has 1 N–H and O–H groups in total. The number of carbonyl (C=O) groups is 2. The van der Waals surface area contributed by atoms with Crippen LogP contribution in [0.4, 0.5) is 0 Å². The lowest BCUT2D eigenvalue weighted by atomic mass is 10.2. The minimum absolute atomic E-state index is 0.0160. The molecule has 8 heteroatoms. The molecule has 0 aromatic heterocycles. The van der Waals surface area contributed by atoms with Gasteiger partial charge in [0, 0.05) is 6.92 Å². The van der Waals surface area contributed by atoms with Gasteiger partial charge in [-0.2, -0.15) is 0 Å². The highest BCUT2D eigenvalue weighted by atomic mass is 16.5. The second-order valence-corrected chi connectivity index (χ2v) is 5.93. The van der Waals surface area contributed by atoms with E-state index >= 15 is 0 Å². The number of carbonyl (C=O) groups excluding carboxylic acids is 1. The second kappa shape index (κ2) is 6.63. The monoisotopic (exact) mass is 320 g/mol. The van der Waals surface area contributed by atoms with Gasteiger partial charge in [-0.05, 0) is 12.1 Å². The number of benzene rings is 1. The van der Waals surface area contributed by atoms with Crippen molar-refractivity contribution in [3.63, 3.8) is 0 Å². The third kappa shape index (κ3) is 3.85. The lowest BCUT2D eigenvalue weighted by Crippen LogP contribution is -2.71. The Morgan fingerprint density at radius 1 is 0.913 bits per heavy atom. The van der Waals surface area contributed by atoms with Crippen LogP contribution in [0.1, 0.15) is 17.3 Å². The molecule has 1 aromatic rings. The molecule has 0 saturated carbocycles. The van der Waals surface area contributed by atoms with Gasteiger partial charge in [0.05, 0.1) is 40.0 Å². The van der Waals surface area contributed by atoms with Crippen molar-refractivity contribution in [1.82, 2.24) is 19.6 Å². The van der Waals surface area contributed by atoms with E-state index in [-0.39, 0.29) is 11.3 Å². The minimum Gasteiger partial charge on any atom is -0.478 e. The molecule has 8 nitrogen and oxygen atoms in total. The Labute approximate surface area is 134 Å². The maximum Gasteiger partial charge on any atom is 0.339 e. The highest BCUT2D eigenvalue weighted by molar-refractivity contribution is 5.91. The molecular weight excluding hydrogens is 300 g/mol. The summed E-state index contributed by atoms with van der Waals surface area (Å²) in [4.78, 5) is 31.1. The van der Waals surface area contributed by atoms with Gasteiger partial charge in [0.25, 0.3) is 0 Å². The van der Waals surface area contributed by atoms with Crippen LogP contribution in [-0.4, -0.2) is 76.7 Å². The van der Waals surface area contributed by atoms with Gasteiger partial charge >= 0.3 is 11.9 Å². The molecule has 1 aromatic carbocycles. The van der Waals surface area contributed by atoms with Crippen molar-refractivity contribution < 1.29 is 19.4 Å². The largest absolute Gasteiger partial charge is 0.478 e. The highest BCUT2D eigenvalue weighted by Crippen LogP contribution is 2.20. The van der Waals surface area contributed by atoms with Crippen LogP contribution in [0.25, 0.3) is 0 Å². The summed E-state index contributed by atoms with van der Waals surface area (Å²) in [5.41, 5.74) is -0.0160. The number of para-hydroxylation sites is 1. The Morgan fingerprint density at radius 3 is 1.74 bits per heavy atom. The van der Waals surface area contributed by atoms with E-state index in [4.69, 9.17) is 5.11 Å². The third-order valence-corrected chi connectivity index (χ3v) is 3.77. The molecule has 4 aliphatic heterocycles. The minimum atomic E-state index is -1.11. The summed E-state index contributed by atoms with van der Waals surface area (Å²) in [6.07, 6.45) is 0. The van der Waals surface area contributed by atoms with E-state index in [1.165, 1.54) is 59.1 Å². The number of aromatic carboxylic acids is 1. The molecular formula is C15H20N4O4. The summed E-state index contributed by atoms with van der Waals surface area (Å²) in [7, 11) is 0. The topological polar surface area (TPSA) is 76.6 Å². The van der Waals surface area contributed by atoms with Crippen LogP contribution in [0.3, 0.4) is 0 Å². The normalized spacial score (nSPS) is 30.3. The quantitative estimate of drug-likeness (QED) is 0.615. The summed E-state index contributed by atoms with van der Waals surface area (Å²) in [5.74, 6) is -1.58. The van der Waals surface area contributed by atoms with E-state index in [0.29, 0.717) is 0 Å². The number of esters is 1. The van der Waals surface area contributed by atoms with Crippen molar-refractivity contribution in [2.24, 2.45) is 0 Å². The number of hydrogen-bond donors (Lipinski definition) is 1. The van der Waals surface area contributed by atoms with Gasteiger partial charge in [-0.15, -0.1) is 0 Å². The van der Waals surface area contributed by atoms with Crippen LogP contribution >= 0.6 is 0 Å². The van der Waals surface area contributed by atoms with E-state index in [9.17, 15) is 9.59 Å². The number of carboxylic acid groups (broad SMARTS) is 1. The summed E-state index contributed by atoms with van der Waals surface area (Å²) in [5, 5.41) is 8.69. The number of nitrogens with zero attached hydrogens (tertiary/aromatic N) is 4. The Bertz CT molecular complexity index is 550. The zero-order valence-corrected chi connectivity index (χ0v) is 13.0. The van der Waals surface area contributed by atoms with E-state index in [1.807, 2.05) is 0 Å². The molecule has 0 unspecified atom stereocenters. The molecule has 4 saturated heterocycles. The Balaban J connectivity index is 0.000000139. The molecule has 0 spiro atoms. The maximum atomic E-state index is 10.6. The fraction of sp³-hybridized carbons (Fsp3) is 0.467. The van der Waals surface area contributed by atoms with Gasteiger partial charge in [-0.1, -0.05) is 12.1 Å². The predicted molar refractivity (Wildman–Crippen MR) is 81.3 cm³/mol. The number of rotatable bonds is 2. The lowest BCUT2D eigenvalue weighted by molar-refractivity contribution is -0.194. The number of carboxylic acids is 1. The first kappa shape index (κ1) is 15.9. The maximum absolute atomic E-state index is 10.6. The molecule has 5 rings (SSSR count). The van der Waals surface area contributed by atoms with E-state index in [1.54, 1.807) is 12.1 Å². The molecule has 0 radical (unpaired) electrons. The molecule has 0 atom stereocenters. The van der Waals surface area contributed by atoms with Crippen LogP contribution in [-0.2, 0) is 4.79 Å². The molecule has 4 aliphatic rings. The fourth-order valence-electron chi connectivity index (χ4n) is 3.12. The first-order valence-corrected chi connectivity index (χ1v) is 7.41. The molecule has 4 heterocycles. The van der Waals surface area contributed by atoms with Crippen molar-refractivity contribution in [2.75, 3.05) is 40.0 Å². The Kier molecular flexibility index (Phi) is 4.58. The molecule has 4 bridgehead atoms. The number of hydrogen-bond acceptors (Lipinski definition) is 7. The third-order valence-electron chi connectivity index (χ3n) is 3.77. The van der Waals surface area contributed by atoms with E-state index in [0.717, 1.165) is 0 Å². The van der Waals surface area contributed by atoms with Gasteiger partial charge in [-0.3, -0.25) is 24.4 Å². The number of ether oxygens (including phenoxy) is 1. The summed E-state index contributed by atoms with van der Waals surface area (Å²) < 4.78 is 4.69. The van der Waals surface area contributed by atoms with Crippen molar-refractivity contribution in [3.05, 3.63) is 29.8 Å². The second-order valence-electron chi connectivity index (χ2n) is 5.93. The van der Waals surface area contributed by atoms with Crippen LogP contribution in [0.2, 0.25) is 0 Å². The Hall–Kier alpha value is -2.00. The standard InChI is InChI=1S/C9H8O4.C6H12N4/c1-6(10)13-8-5-3-2-4-7(8)9(11)12;1-7-2-9-4-8(1)5-10(3-7)6-9/h2-5H,1H3,(H,11,12);1-6H2. The average Bonchev–Trinajstić information content (AvgIpc) is 2.46. The zero-order valence-electron chi connectivity index (χ0n) is 13.0. The van der Waals surface area contributed by atoms with E-state index < -0.39 is 11.9 Å². The van der Waals surface area contributed by atoms with E-state index in [2.05, 4.69) is 24.3 Å². The summed E-state index contributed by atoms with van der Waals surface area (Å²) in [6, 6.07) is 5.98. The van der Waals surface area contributed by atoms with Gasteiger partial charge in [0.1, 0.15) is 11.3 Å². The van der Waals surface area contributed by atoms with Gasteiger partial charge in [0.15, 0.2) is 0 Å². The zero-order chi connectivity index (χ0) is 16.4. The lowest BCUT2D eigenvalue weighted by Gasteiger charge is -2.56. The van der Waals surface area contributed by atoms with Gasteiger partial charge in [0.2, 0.25) is 0 Å². The van der Waals surface area contributed by atoms with Crippen LogP contribution in [0.15, 0.2) is 24.3 Å². The smallest absolute Gasteiger partial charge is 0.339 e. The van der Waals surface area contributed by atoms with Crippen molar-refractivity contribution in [2.45, 2.75) is 6.92 Å². The van der Waals surface area contributed by atoms with Crippen LogP contribution in [0, 0.1) is 0 Å². The molecule has 124 valence electrons. The van der Waals surface area contributed by atoms with Gasteiger partial charge < -0.3 is 9.84 Å². The van der Waals surface area contributed by atoms with Crippen LogP contribution < -0.4 is 4.74 Å². The molecule has 0 aliphatic carbocycles. The molecule has 23 heavy (non-hydrogen) atoms. The van der Waals surface area contributed by atoms with Gasteiger partial charge in [-0.25, -0.2) is 4.79 Å². The first-order chi connectivity index (χ1) is 11.0. The predicted octanol–water partition coefficient (Wildman–Crippen LogP) is 0.290. The van der Waals surface area contributed by atoms with Crippen LogP contribution in [0.5, 0.6) is 5.75 Å². The van der Waals surface area contributed by atoms with Crippen molar-refractivity contribution in [1.29, 1.82) is 0 Å². The molecule has 4 fully saturated rings. The molecule has 0 amide bonds. The highest BCUT2D eigenvalue weighted by Gasteiger charge is 2.36. The summed E-state index contributed by atoms with van der Waals surface area (Å²) in [6.45, 7) is 8.35. The first-order valence-electron chi connectivity index (χ1n) is 7.41. The van der Waals surface area contributed by atoms with Crippen molar-refractivity contribution in [3.8, 4) is 5.75 Å². The fourth-order valence-corrected chi connectivity index (χ4v) is 3.12.